The number of anilines is 1. The Morgan fingerprint density at radius 1 is 1.10 bits per heavy atom. The minimum absolute atomic E-state index is 0.131. The number of hydrogen-bond acceptors (Lipinski definition) is 4. The molecule has 6 nitrogen and oxygen atoms in total. The summed E-state index contributed by atoms with van der Waals surface area (Å²) in [6, 6.07) is 13.2. The Labute approximate surface area is 188 Å². The molecule has 0 spiro atoms. The van der Waals surface area contributed by atoms with Crippen molar-refractivity contribution in [2.45, 2.75) is 38.6 Å². The second-order valence-electron chi connectivity index (χ2n) is 7.89. The van der Waals surface area contributed by atoms with Crippen molar-refractivity contribution in [2.75, 3.05) is 31.3 Å². The molecule has 2 N–H and O–H groups in total. The molecule has 31 heavy (non-hydrogen) atoms. The number of hydrogen-bond donors (Lipinski definition) is 2. The highest BCUT2D eigenvalue weighted by Gasteiger charge is 2.42. The van der Waals surface area contributed by atoms with Crippen molar-refractivity contribution in [1.82, 2.24) is 10.2 Å². The van der Waals surface area contributed by atoms with Gasteiger partial charge in [0.25, 0.3) is 0 Å². The van der Waals surface area contributed by atoms with E-state index in [2.05, 4.69) is 10.6 Å². The van der Waals surface area contributed by atoms with Crippen molar-refractivity contribution in [3.63, 3.8) is 0 Å². The predicted octanol–water partition coefficient (Wildman–Crippen LogP) is 4.41. The van der Waals surface area contributed by atoms with E-state index in [0.717, 1.165) is 28.8 Å². The number of nitrogens with zero attached hydrogens (tertiary/aromatic N) is 1. The fourth-order valence-electron chi connectivity index (χ4n) is 3.50. The SMILES string of the molecule is COCCCNC(=O)C1CSC(c2ccc(C)cc2)N1C(=O)Nc1ccc(C)c(C)c1. The van der Waals surface area contributed by atoms with Crippen LogP contribution in [0.4, 0.5) is 10.5 Å². The van der Waals surface area contributed by atoms with Gasteiger partial charge in [0.2, 0.25) is 5.91 Å². The van der Waals surface area contributed by atoms with Gasteiger partial charge in [-0.2, -0.15) is 0 Å². The molecule has 1 saturated heterocycles. The van der Waals surface area contributed by atoms with Crippen LogP contribution in [0, 0.1) is 20.8 Å². The number of carbonyl (C=O) groups is 2. The number of rotatable bonds is 7. The zero-order valence-corrected chi connectivity index (χ0v) is 19.4. The lowest BCUT2D eigenvalue weighted by Gasteiger charge is -2.29. The van der Waals surface area contributed by atoms with Crippen LogP contribution in [0.1, 0.15) is 34.0 Å². The van der Waals surface area contributed by atoms with Gasteiger partial charge in [0.05, 0.1) is 0 Å². The Morgan fingerprint density at radius 3 is 2.52 bits per heavy atom. The molecule has 1 fully saturated rings. The molecule has 0 aliphatic carbocycles. The van der Waals surface area contributed by atoms with Crippen molar-refractivity contribution < 1.29 is 14.3 Å². The molecule has 1 heterocycles. The van der Waals surface area contributed by atoms with E-state index in [1.54, 1.807) is 23.8 Å². The van der Waals surface area contributed by atoms with Crippen molar-refractivity contribution in [2.24, 2.45) is 0 Å². The molecule has 2 unspecified atom stereocenters. The highest BCUT2D eigenvalue weighted by atomic mass is 32.2. The van der Waals surface area contributed by atoms with E-state index >= 15 is 0 Å². The van der Waals surface area contributed by atoms with E-state index in [4.69, 9.17) is 4.74 Å². The number of ether oxygens (including phenoxy) is 1. The van der Waals surface area contributed by atoms with E-state index < -0.39 is 6.04 Å². The molecule has 3 rings (SSSR count). The maximum absolute atomic E-state index is 13.4. The third kappa shape index (κ3) is 5.80. The number of amides is 3. The first-order chi connectivity index (χ1) is 14.9. The standard InChI is InChI=1S/C24H31N3O3S/c1-16-6-9-19(10-7-16)23-27(21(15-31-23)22(28)25-12-5-13-30-4)24(29)26-20-11-8-17(2)18(3)14-20/h6-11,14,21,23H,5,12-13,15H2,1-4H3,(H,25,28)(H,26,29). The molecule has 2 aromatic rings. The normalized spacial score (nSPS) is 18.1. The minimum atomic E-state index is -0.537. The first kappa shape index (κ1) is 23.2. The van der Waals surface area contributed by atoms with Gasteiger partial charge in [-0.05, 0) is 56.0 Å². The van der Waals surface area contributed by atoms with E-state index in [0.29, 0.717) is 18.9 Å². The van der Waals surface area contributed by atoms with Crippen molar-refractivity contribution in [3.05, 3.63) is 64.7 Å². The maximum atomic E-state index is 13.4. The number of thioether (sulfide) groups is 1. The van der Waals surface area contributed by atoms with Crippen LogP contribution in [0.3, 0.4) is 0 Å². The lowest BCUT2D eigenvalue weighted by Crippen LogP contribution is -2.49. The molecular formula is C24H31N3O3S. The number of urea groups is 1. The summed E-state index contributed by atoms with van der Waals surface area (Å²) in [5, 5.41) is 5.73. The first-order valence-electron chi connectivity index (χ1n) is 10.5. The van der Waals surface area contributed by atoms with Crippen LogP contribution in [-0.2, 0) is 9.53 Å². The van der Waals surface area contributed by atoms with Gasteiger partial charge in [0.15, 0.2) is 0 Å². The van der Waals surface area contributed by atoms with Gasteiger partial charge in [0.1, 0.15) is 11.4 Å². The van der Waals surface area contributed by atoms with Crippen molar-refractivity contribution >= 4 is 29.4 Å². The van der Waals surface area contributed by atoms with E-state index in [9.17, 15) is 9.59 Å². The molecule has 2 aromatic carbocycles. The summed E-state index contributed by atoms with van der Waals surface area (Å²) in [6.45, 7) is 7.20. The lowest BCUT2D eigenvalue weighted by atomic mass is 10.1. The highest BCUT2D eigenvalue weighted by Crippen LogP contribution is 2.41. The molecule has 3 amide bonds. The first-order valence-corrected chi connectivity index (χ1v) is 11.6. The second kappa shape index (κ2) is 10.7. The monoisotopic (exact) mass is 441 g/mol. The maximum Gasteiger partial charge on any atom is 0.323 e. The molecule has 166 valence electrons. The molecule has 0 saturated carbocycles. The fraction of sp³-hybridized carbons (Fsp3) is 0.417. The van der Waals surface area contributed by atoms with Crippen molar-refractivity contribution in [3.8, 4) is 0 Å². The van der Waals surface area contributed by atoms with Gasteiger partial charge in [0, 0.05) is 31.7 Å². The van der Waals surface area contributed by atoms with Crippen LogP contribution < -0.4 is 10.6 Å². The molecule has 7 heteroatoms. The third-order valence-corrected chi connectivity index (χ3v) is 6.81. The summed E-state index contributed by atoms with van der Waals surface area (Å²) in [5.74, 6) is 0.420. The van der Waals surface area contributed by atoms with E-state index in [1.165, 1.54) is 5.56 Å². The Morgan fingerprint density at radius 2 is 1.84 bits per heavy atom. The topological polar surface area (TPSA) is 70.7 Å². The quantitative estimate of drug-likeness (QED) is 0.625. The summed E-state index contributed by atoms with van der Waals surface area (Å²) in [4.78, 5) is 27.9. The third-order valence-electron chi connectivity index (χ3n) is 5.48. The average Bonchev–Trinajstić information content (AvgIpc) is 3.20. The largest absolute Gasteiger partial charge is 0.385 e. The fourth-order valence-corrected chi connectivity index (χ4v) is 4.93. The molecular weight excluding hydrogens is 410 g/mol. The van der Waals surface area contributed by atoms with Gasteiger partial charge >= 0.3 is 6.03 Å². The van der Waals surface area contributed by atoms with Crippen LogP contribution in [0.25, 0.3) is 0 Å². The number of methoxy groups -OCH3 is 1. The number of nitrogens with one attached hydrogen (secondary N) is 2. The Balaban J connectivity index is 1.81. The van der Waals surface area contributed by atoms with Crippen LogP contribution in [0.15, 0.2) is 42.5 Å². The summed E-state index contributed by atoms with van der Waals surface area (Å²) < 4.78 is 5.05. The molecule has 0 radical (unpaired) electrons. The molecule has 1 aliphatic heterocycles. The molecule has 2 atom stereocenters. The summed E-state index contributed by atoms with van der Waals surface area (Å²) in [7, 11) is 1.64. The van der Waals surface area contributed by atoms with Gasteiger partial charge in [-0.3, -0.25) is 9.69 Å². The number of benzene rings is 2. The Kier molecular flexibility index (Phi) is 7.98. The molecule has 0 aromatic heterocycles. The van der Waals surface area contributed by atoms with Gasteiger partial charge in [-0.1, -0.05) is 35.9 Å². The highest BCUT2D eigenvalue weighted by molar-refractivity contribution is 7.99. The van der Waals surface area contributed by atoms with E-state index in [1.807, 2.05) is 63.2 Å². The smallest absolute Gasteiger partial charge is 0.323 e. The summed E-state index contributed by atoms with van der Waals surface area (Å²) in [5.41, 5.74) is 5.18. The van der Waals surface area contributed by atoms with Gasteiger partial charge < -0.3 is 15.4 Å². The number of aryl methyl sites for hydroxylation is 3. The van der Waals surface area contributed by atoms with Crippen LogP contribution in [0.2, 0.25) is 0 Å². The summed E-state index contributed by atoms with van der Waals surface area (Å²) >= 11 is 1.61. The Bertz CT molecular complexity index is 917. The molecule has 1 aliphatic rings. The zero-order valence-electron chi connectivity index (χ0n) is 18.6. The summed E-state index contributed by atoms with van der Waals surface area (Å²) in [6.07, 6.45) is 0.734. The van der Waals surface area contributed by atoms with E-state index in [-0.39, 0.29) is 17.3 Å². The predicted molar refractivity (Wildman–Crippen MR) is 126 cm³/mol. The second-order valence-corrected chi connectivity index (χ2v) is 9.00. The van der Waals surface area contributed by atoms with Crippen LogP contribution >= 0.6 is 11.8 Å². The Hall–Kier alpha value is -2.51. The van der Waals surface area contributed by atoms with Gasteiger partial charge in [-0.25, -0.2) is 4.79 Å². The average molecular weight is 442 g/mol. The van der Waals surface area contributed by atoms with Crippen LogP contribution in [-0.4, -0.2) is 48.9 Å². The minimum Gasteiger partial charge on any atom is -0.385 e. The van der Waals surface area contributed by atoms with Crippen molar-refractivity contribution in [1.29, 1.82) is 0 Å². The van der Waals surface area contributed by atoms with Crippen LogP contribution in [0.5, 0.6) is 0 Å². The lowest BCUT2D eigenvalue weighted by molar-refractivity contribution is -0.124. The number of carbonyl (C=O) groups excluding carboxylic acids is 2. The molecule has 0 bridgehead atoms. The van der Waals surface area contributed by atoms with Gasteiger partial charge in [-0.15, -0.1) is 11.8 Å². The zero-order chi connectivity index (χ0) is 22.4.